The number of likely N-dealkylation sites (tertiary alicyclic amines) is 1. The molecule has 192 valence electrons. The third-order valence-electron chi connectivity index (χ3n) is 6.27. The van der Waals surface area contributed by atoms with Crippen LogP contribution in [0.1, 0.15) is 56.3 Å². The fourth-order valence-electron chi connectivity index (χ4n) is 4.34. The van der Waals surface area contributed by atoms with Crippen LogP contribution in [0.15, 0.2) is 28.5 Å². The molecule has 1 unspecified atom stereocenters. The molecule has 4 rings (SSSR count). The van der Waals surface area contributed by atoms with E-state index in [1.54, 1.807) is 30.9 Å². The van der Waals surface area contributed by atoms with E-state index in [1.807, 2.05) is 20.8 Å². The number of thiazole rings is 1. The van der Waals surface area contributed by atoms with E-state index >= 15 is 0 Å². The van der Waals surface area contributed by atoms with Crippen molar-refractivity contribution in [2.45, 2.75) is 58.2 Å². The number of β-amino-alcohol motifs (C(OH)–C–C–N with tert-alkyl or cyclic N) is 1. The molecule has 0 spiro atoms. The molecule has 3 aromatic heterocycles. The quantitative estimate of drug-likeness (QED) is 0.463. The maximum absolute atomic E-state index is 13.6. The molecule has 1 aliphatic heterocycles. The number of carbonyl (C=O) groups is 2. The van der Waals surface area contributed by atoms with Crippen molar-refractivity contribution in [3.05, 3.63) is 41.1 Å². The van der Waals surface area contributed by atoms with Crippen LogP contribution < -0.4 is 10.1 Å². The number of aliphatic hydroxyl groups is 1. The van der Waals surface area contributed by atoms with Gasteiger partial charge in [0.1, 0.15) is 17.7 Å². The molecular weight excluding hydrogens is 484 g/mol. The molecule has 0 saturated carbocycles. The SMILES string of the molecule is COc1cc(C(C(=O)N2C[C@H](O)C[C@H]2C(=O)N[C@H](C)c2cnc(-c3scnc3C)cn2)C(C)C)on1. The number of amides is 2. The summed E-state index contributed by atoms with van der Waals surface area (Å²) in [5, 5.41) is 17.1. The summed E-state index contributed by atoms with van der Waals surface area (Å²) in [7, 11) is 1.46. The number of aromatic nitrogens is 4. The number of hydrogen-bond donors (Lipinski definition) is 2. The second-order valence-corrected chi connectivity index (χ2v) is 10.1. The van der Waals surface area contributed by atoms with Crippen LogP contribution in [-0.4, -0.2) is 67.7 Å². The molecule has 4 heterocycles. The van der Waals surface area contributed by atoms with Crippen LogP contribution >= 0.6 is 11.3 Å². The normalized spacial score (nSPS) is 19.4. The number of nitrogens with zero attached hydrogens (tertiary/aromatic N) is 5. The van der Waals surface area contributed by atoms with Gasteiger partial charge in [0.2, 0.25) is 11.8 Å². The highest BCUT2D eigenvalue weighted by molar-refractivity contribution is 7.13. The summed E-state index contributed by atoms with van der Waals surface area (Å²) in [5.74, 6) is -0.857. The van der Waals surface area contributed by atoms with Crippen LogP contribution in [0.4, 0.5) is 0 Å². The van der Waals surface area contributed by atoms with E-state index in [2.05, 4.69) is 25.4 Å². The third-order valence-corrected chi connectivity index (χ3v) is 7.22. The first-order valence-electron chi connectivity index (χ1n) is 11.7. The molecule has 0 aromatic carbocycles. The first kappa shape index (κ1) is 25.7. The first-order valence-corrected chi connectivity index (χ1v) is 12.6. The molecule has 36 heavy (non-hydrogen) atoms. The predicted molar refractivity (Wildman–Crippen MR) is 131 cm³/mol. The zero-order valence-corrected chi connectivity index (χ0v) is 21.7. The predicted octanol–water partition coefficient (Wildman–Crippen LogP) is 2.48. The lowest BCUT2D eigenvalue weighted by Crippen LogP contribution is -2.48. The summed E-state index contributed by atoms with van der Waals surface area (Å²) in [4.78, 5) is 42.3. The molecule has 3 aromatic rings. The maximum atomic E-state index is 13.6. The minimum Gasteiger partial charge on any atom is -0.479 e. The van der Waals surface area contributed by atoms with Gasteiger partial charge in [-0.05, 0) is 24.9 Å². The number of methoxy groups -OCH3 is 1. The smallest absolute Gasteiger partial charge is 0.254 e. The van der Waals surface area contributed by atoms with Crippen molar-refractivity contribution in [2.24, 2.45) is 5.92 Å². The Balaban J connectivity index is 1.47. The molecule has 12 heteroatoms. The number of carbonyl (C=O) groups excluding carboxylic acids is 2. The van der Waals surface area contributed by atoms with E-state index in [-0.39, 0.29) is 36.6 Å². The van der Waals surface area contributed by atoms with E-state index in [0.717, 1.165) is 16.3 Å². The van der Waals surface area contributed by atoms with Crippen molar-refractivity contribution in [2.75, 3.05) is 13.7 Å². The lowest BCUT2D eigenvalue weighted by Gasteiger charge is -2.29. The van der Waals surface area contributed by atoms with E-state index in [4.69, 9.17) is 9.26 Å². The van der Waals surface area contributed by atoms with Gasteiger partial charge in [-0.25, -0.2) is 4.98 Å². The van der Waals surface area contributed by atoms with E-state index in [9.17, 15) is 14.7 Å². The maximum Gasteiger partial charge on any atom is 0.254 e. The van der Waals surface area contributed by atoms with Gasteiger partial charge in [-0.2, -0.15) is 0 Å². The van der Waals surface area contributed by atoms with E-state index in [0.29, 0.717) is 11.5 Å². The van der Waals surface area contributed by atoms with Gasteiger partial charge in [0.25, 0.3) is 5.88 Å². The molecule has 0 radical (unpaired) electrons. The summed E-state index contributed by atoms with van der Waals surface area (Å²) in [6.45, 7) is 7.54. The molecule has 1 aliphatic rings. The van der Waals surface area contributed by atoms with Crippen molar-refractivity contribution in [3.8, 4) is 16.5 Å². The molecule has 2 N–H and O–H groups in total. The number of hydrogen-bond acceptors (Lipinski definition) is 10. The summed E-state index contributed by atoms with van der Waals surface area (Å²) >= 11 is 1.49. The summed E-state index contributed by atoms with van der Waals surface area (Å²) < 4.78 is 10.4. The lowest BCUT2D eigenvalue weighted by molar-refractivity contribution is -0.141. The Labute approximate surface area is 212 Å². The first-order chi connectivity index (χ1) is 17.2. The van der Waals surface area contributed by atoms with Crippen LogP contribution in [0.25, 0.3) is 10.6 Å². The molecule has 4 atom stereocenters. The monoisotopic (exact) mass is 514 g/mol. The van der Waals surface area contributed by atoms with Gasteiger partial charge in [0.15, 0.2) is 5.76 Å². The van der Waals surface area contributed by atoms with Crippen LogP contribution in [0.3, 0.4) is 0 Å². The minimum absolute atomic E-state index is 0.0580. The van der Waals surface area contributed by atoms with Crippen molar-refractivity contribution in [1.82, 2.24) is 30.3 Å². The Morgan fingerprint density at radius 2 is 2.03 bits per heavy atom. The van der Waals surface area contributed by atoms with Crippen molar-refractivity contribution < 1.29 is 24.0 Å². The largest absolute Gasteiger partial charge is 0.479 e. The second-order valence-electron chi connectivity index (χ2n) is 9.21. The van der Waals surface area contributed by atoms with Crippen LogP contribution in [0.5, 0.6) is 5.88 Å². The Bertz CT molecular complexity index is 1210. The summed E-state index contributed by atoms with van der Waals surface area (Å²) in [6.07, 6.45) is 2.62. The average molecular weight is 515 g/mol. The molecule has 11 nitrogen and oxygen atoms in total. The van der Waals surface area contributed by atoms with Crippen molar-refractivity contribution >= 4 is 23.2 Å². The van der Waals surface area contributed by atoms with Gasteiger partial charge < -0.3 is 24.6 Å². The zero-order chi connectivity index (χ0) is 26.0. The van der Waals surface area contributed by atoms with Gasteiger partial charge in [0.05, 0.1) is 53.4 Å². The molecule has 1 saturated heterocycles. The Kier molecular flexibility index (Phi) is 7.65. The molecular formula is C24H30N6O5S. The van der Waals surface area contributed by atoms with Gasteiger partial charge in [-0.1, -0.05) is 13.8 Å². The third kappa shape index (κ3) is 5.24. The van der Waals surface area contributed by atoms with Crippen LogP contribution in [0.2, 0.25) is 0 Å². The minimum atomic E-state index is -0.826. The Morgan fingerprint density at radius 1 is 1.25 bits per heavy atom. The van der Waals surface area contributed by atoms with Gasteiger partial charge >= 0.3 is 0 Å². The van der Waals surface area contributed by atoms with Crippen LogP contribution in [-0.2, 0) is 9.59 Å². The highest BCUT2D eigenvalue weighted by atomic mass is 32.1. The topological polar surface area (TPSA) is 144 Å². The molecule has 1 fully saturated rings. The zero-order valence-electron chi connectivity index (χ0n) is 20.8. The number of rotatable bonds is 8. The van der Waals surface area contributed by atoms with Gasteiger partial charge in [-0.3, -0.25) is 19.6 Å². The average Bonchev–Trinajstić information content (AvgIpc) is 3.58. The highest BCUT2D eigenvalue weighted by Gasteiger charge is 2.43. The van der Waals surface area contributed by atoms with E-state index in [1.165, 1.54) is 23.3 Å². The molecule has 0 aliphatic carbocycles. The number of nitrogens with one attached hydrogen (secondary N) is 1. The second kappa shape index (κ2) is 10.7. The summed E-state index contributed by atoms with van der Waals surface area (Å²) in [5.41, 5.74) is 3.95. The number of aliphatic hydroxyl groups excluding tert-OH is 1. The van der Waals surface area contributed by atoms with Crippen molar-refractivity contribution in [1.29, 1.82) is 0 Å². The Hall–Kier alpha value is -3.38. The van der Waals surface area contributed by atoms with E-state index < -0.39 is 24.1 Å². The molecule has 0 bridgehead atoms. The number of aryl methyl sites for hydroxylation is 1. The Morgan fingerprint density at radius 3 is 2.61 bits per heavy atom. The van der Waals surface area contributed by atoms with Gasteiger partial charge in [0, 0.05) is 19.0 Å². The fourth-order valence-corrected chi connectivity index (χ4v) is 5.11. The fraction of sp³-hybridized carbons (Fsp3) is 0.500. The highest BCUT2D eigenvalue weighted by Crippen LogP contribution is 2.32. The molecule has 2 amide bonds. The number of ether oxygens (including phenoxy) is 1. The summed E-state index contributed by atoms with van der Waals surface area (Å²) in [6, 6.07) is 0.297. The van der Waals surface area contributed by atoms with Crippen molar-refractivity contribution in [3.63, 3.8) is 0 Å². The van der Waals surface area contributed by atoms with Gasteiger partial charge in [-0.15, -0.1) is 11.3 Å². The standard InChI is InChI=1S/C24H30N6O5S/c1-12(2)21(19-7-20(34-5)29-35-19)24(33)30-10-15(31)6-18(30)23(32)28-13(3)16-8-26-17(9-25-16)22-14(4)27-11-36-22/h7-9,11-13,15,18,21,31H,6,10H2,1-5H3,(H,28,32)/t13-,15-,18+,21?/m1/s1. The van der Waals surface area contributed by atoms with Crippen LogP contribution in [0, 0.1) is 12.8 Å². The lowest BCUT2D eigenvalue weighted by atomic mass is 9.91.